The van der Waals surface area contributed by atoms with Gasteiger partial charge in [0.05, 0.1) is 10.6 Å². The molecule has 6 nitrogen and oxygen atoms in total. The van der Waals surface area contributed by atoms with Crippen molar-refractivity contribution in [3.05, 3.63) is 47.3 Å². The molecule has 0 saturated heterocycles. The summed E-state index contributed by atoms with van der Waals surface area (Å²) in [6.07, 6.45) is 0. The maximum absolute atomic E-state index is 12.1. The van der Waals surface area contributed by atoms with Crippen molar-refractivity contribution in [3.63, 3.8) is 0 Å². The normalized spacial score (nSPS) is 12.9. The summed E-state index contributed by atoms with van der Waals surface area (Å²) < 4.78 is 1.16. The molecule has 4 rings (SSSR count). The van der Waals surface area contributed by atoms with Gasteiger partial charge >= 0.3 is 6.03 Å². The van der Waals surface area contributed by atoms with Crippen molar-refractivity contribution in [2.45, 2.75) is 6.92 Å². The van der Waals surface area contributed by atoms with Crippen LogP contribution in [0.1, 0.15) is 11.8 Å². The number of nitrogens with one attached hydrogen (secondary N) is 2. The molecule has 1 aliphatic rings. The van der Waals surface area contributed by atoms with Gasteiger partial charge in [0.15, 0.2) is 0 Å². The Labute approximate surface area is 161 Å². The van der Waals surface area contributed by atoms with E-state index >= 15 is 0 Å². The zero-order valence-electron chi connectivity index (χ0n) is 15.2. The van der Waals surface area contributed by atoms with Crippen LogP contribution in [-0.4, -0.2) is 37.0 Å². The summed E-state index contributed by atoms with van der Waals surface area (Å²) in [5, 5.41) is 7.40. The van der Waals surface area contributed by atoms with Crippen LogP contribution in [0.2, 0.25) is 0 Å². The lowest BCUT2D eigenvalue weighted by molar-refractivity contribution is 0.224. The lowest BCUT2D eigenvalue weighted by Gasteiger charge is -2.16. The Morgan fingerprint density at radius 2 is 2.11 bits per heavy atom. The molecular weight excluding hydrogens is 358 g/mol. The quantitative estimate of drug-likeness (QED) is 0.639. The van der Waals surface area contributed by atoms with Crippen molar-refractivity contribution in [1.29, 1.82) is 0 Å². The number of aliphatic imine (C=N–C) groups is 1. The zero-order valence-corrected chi connectivity index (χ0v) is 16.1. The summed E-state index contributed by atoms with van der Waals surface area (Å²) in [4.78, 5) is 19.0. The van der Waals surface area contributed by atoms with Gasteiger partial charge in [-0.25, -0.2) is 9.79 Å². The van der Waals surface area contributed by atoms with Crippen LogP contribution in [0.25, 0.3) is 21.2 Å². The SMILES string of the molecule is CCN(C)C(=O)Nc1cccc(-c2ccc3c4c(sc3c2)C(N)=NCN4)c1. The van der Waals surface area contributed by atoms with Gasteiger partial charge in [-0.15, -0.1) is 11.3 Å². The fourth-order valence-electron chi connectivity index (χ4n) is 3.05. The molecule has 0 spiro atoms. The number of hydrogen-bond acceptors (Lipinski definition) is 5. The molecule has 2 amide bonds. The highest BCUT2D eigenvalue weighted by atomic mass is 32.1. The number of nitrogens with two attached hydrogens (primary N) is 1. The predicted molar refractivity (Wildman–Crippen MR) is 114 cm³/mol. The molecule has 7 heteroatoms. The number of hydrogen-bond donors (Lipinski definition) is 3. The Morgan fingerprint density at radius 1 is 1.30 bits per heavy atom. The van der Waals surface area contributed by atoms with E-state index in [1.807, 2.05) is 31.2 Å². The molecule has 0 bridgehead atoms. The van der Waals surface area contributed by atoms with Crippen molar-refractivity contribution in [1.82, 2.24) is 4.90 Å². The molecule has 2 heterocycles. The molecule has 2 aromatic carbocycles. The van der Waals surface area contributed by atoms with E-state index in [9.17, 15) is 4.79 Å². The van der Waals surface area contributed by atoms with Gasteiger partial charge in [-0.1, -0.05) is 24.3 Å². The number of amides is 2. The fourth-order valence-corrected chi connectivity index (χ4v) is 4.19. The highest BCUT2D eigenvalue weighted by Crippen LogP contribution is 2.39. The minimum atomic E-state index is -0.114. The number of thiophene rings is 1. The summed E-state index contributed by atoms with van der Waals surface area (Å²) in [7, 11) is 1.77. The Balaban J connectivity index is 1.68. The van der Waals surface area contributed by atoms with E-state index in [2.05, 4.69) is 33.8 Å². The average Bonchev–Trinajstić information content (AvgIpc) is 3.07. The van der Waals surface area contributed by atoms with E-state index in [0.717, 1.165) is 37.5 Å². The van der Waals surface area contributed by atoms with Crippen LogP contribution >= 0.6 is 11.3 Å². The number of benzene rings is 2. The van der Waals surface area contributed by atoms with Crippen LogP contribution in [0.3, 0.4) is 0 Å². The average molecular weight is 379 g/mol. The van der Waals surface area contributed by atoms with E-state index in [0.29, 0.717) is 19.0 Å². The van der Waals surface area contributed by atoms with Gasteiger partial charge < -0.3 is 21.3 Å². The Kier molecular flexibility index (Phi) is 4.45. The number of carbonyl (C=O) groups is 1. The van der Waals surface area contributed by atoms with Crippen molar-refractivity contribution in [3.8, 4) is 11.1 Å². The first-order valence-corrected chi connectivity index (χ1v) is 9.61. The molecular formula is C20H21N5OS. The van der Waals surface area contributed by atoms with E-state index in [1.165, 1.54) is 0 Å². The second-order valence-electron chi connectivity index (χ2n) is 6.42. The second-order valence-corrected chi connectivity index (χ2v) is 7.47. The van der Waals surface area contributed by atoms with Crippen LogP contribution in [0.15, 0.2) is 47.5 Å². The summed E-state index contributed by atoms with van der Waals surface area (Å²) in [5.74, 6) is 0.594. The van der Waals surface area contributed by atoms with Crippen molar-refractivity contribution >= 4 is 44.7 Å². The van der Waals surface area contributed by atoms with Gasteiger partial charge in [-0.3, -0.25) is 0 Å². The van der Waals surface area contributed by atoms with Crippen molar-refractivity contribution in [2.24, 2.45) is 10.7 Å². The molecule has 1 aliphatic heterocycles. The summed E-state index contributed by atoms with van der Waals surface area (Å²) >= 11 is 1.64. The number of nitrogens with zero attached hydrogens (tertiary/aromatic N) is 2. The second kappa shape index (κ2) is 6.92. The minimum absolute atomic E-state index is 0.114. The third-order valence-corrected chi connectivity index (χ3v) is 5.87. The number of rotatable bonds is 3. The summed E-state index contributed by atoms with van der Waals surface area (Å²) in [6.45, 7) is 3.12. The molecule has 4 N–H and O–H groups in total. The fraction of sp³-hybridized carbons (Fsp3) is 0.200. The molecule has 0 radical (unpaired) electrons. The number of carbonyl (C=O) groups excluding carboxylic acids is 1. The van der Waals surface area contributed by atoms with Crippen LogP contribution in [0.5, 0.6) is 0 Å². The van der Waals surface area contributed by atoms with Crippen molar-refractivity contribution < 1.29 is 4.79 Å². The molecule has 0 unspecified atom stereocenters. The van der Waals surface area contributed by atoms with Gasteiger partial charge in [-0.05, 0) is 36.2 Å². The lowest BCUT2D eigenvalue weighted by atomic mass is 10.0. The van der Waals surface area contributed by atoms with Crippen LogP contribution in [0, 0.1) is 0 Å². The van der Waals surface area contributed by atoms with Crippen LogP contribution in [-0.2, 0) is 0 Å². The molecule has 27 heavy (non-hydrogen) atoms. The smallest absolute Gasteiger partial charge is 0.321 e. The first-order valence-electron chi connectivity index (χ1n) is 8.80. The molecule has 0 atom stereocenters. The summed E-state index contributed by atoms with van der Waals surface area (Å²) in [6, 6.07) is 14.1. The zero-order chi connectivity index (χ0) is 19.0. The third kappa shape index (κ3) is 3.21. The molecule has 3 aromatic rings. The highest BCUT2D eigenvalue weighted by molar-refractivity contribution is 7.21. The maximum atomic E-state index is 12.1. The first kappa shape index (κ1) is 17.4. The molecule has 0 saturated carbocycles. The van der Waals surface area contributed by atoms with Gasteiger partial charge in [-0.2, -0.15) is 0 Å². The van der Waals surface area contributed by atoms with Crippen LogP contribution < -0.4 is 16.4 Å². The van der Waals surface area contributed by atoms with E-state index in [4.69, 9.17) is 5.73 Å². The largest absolute Gasteiger partial charge is 0.383 e. The Hall–Kier alpha value is -3.06. The van der Waals surface area contributed by atoms with Gasteiger partial charge in [0.2, 0.25) is 0 Å². The third-order valence-electron chi connectivity index (χ3n) is 4.70. The van der Waals surface area contributed by atoms with Gasteiger partial charge in [0.25, 0.3) is 0 Å². The predicted octanol–water partition coefficient (Wildman–Crippen LogP) is 4.14. The Bertz CT molecular complexity index is 1060. The van der Waals surface area contributed by atoms with Gasteiger partial charge in [0.1, 0.15) is 12.5 Å². The standard InChI is InChI=1S/C20H21N5OS/c1-3-25(2)20(26)24-14-6-4-5-12(9-14)13-7-8-15-16(10-13)27-18-17(15)22-11-23-19(18)21/h4-10,22H,3,11H2,1-2H3,(H2,21,23)(H,24,26). The number of anilines is 2. The lowest BCUT2D eigenvalue weighted by Crippen LogP contribution is -2.30. The number of urea groups is 1. The molecule has 0 aliphatic carbocycles. The number of amidine groups is 1. The first-order chi connectivity index (χ1) is 13.1. The van der Waals surface area contributed by atoms with Gasteiger partial charge in [0, 0.05) is 29.4 Å². The number of fused-ring (bicyclic) bond motifs is 3. The monoisotopic (exact) mass is 379 g/mol. The van der Waals surface area contributed by atoms with Crippen molar-refractivity contribution in [2.75, 3.05) is 30.9 Å². The molecule has 1 aromatic heterocycles. The topological polar surface area (TPSA) is 82.8 Å². The summed E-state index contributed by atoms with van der Waals surface area (Å²) in [5.41, 5.74) is 10.0. The maximum Gasteiger partial charge on any atom is 0.321 e. The van der Waals surface area contributed by atoms with E-state index in [1.54, 1.807) is 23.3 Å². The Morgan fingerprint density at radius 3 is 2.93 bits per heavy atom. The molecule has 0 fully saturated rings. The molecule has 138 valence electrons. The van der Waals surface area contributed by atoms with E-state index < -0.39 is 0 Å². The minimum Gasteiger partial charge on any atom is -0.383 e. The highest BCUT2D eigenvalue weighted by Gasteiger charge is 2.18. The van der Waals surface area contributed by atoms with Crippen LogP contribution in [0.4, 0.5) is 16.2 Å². The van der Waals surface area contributed by atoms with E-state index in [-0.39, 0.29) is 6.03 Å².